The van der Waals surface area contributed by atoms with E-state index in [1.54, 1.807) is 42.5 Å². The van der Waals surface area contributed by atoms with E-state index >= 15 is 0 Å². The average molecular weight is 370 g/mol. The molecular weight excluding hydrogens is 359 g/mol. The molecule has 0 aliphatic carbocycles. The smallest absolute Gasteiger partial charge is 0.268 e. The van der Waals surface area contributed by atoms with Crippen LogP contribution in [0, 0.1) is 0 Å². The van der Waals surface area contributed by atoms with Crippen molar-refractivity contribution >= 4 is 52.7 Å². The van der Waals surface area contributed by atoms with Crippen molar-refractivity contribution in [3.05, 3.63) is 74.7 Å². The molecule has 0 unspecified atom stereocenters. The van der Waals surface area contributed by atoms with Crippen molar-refractivity contribution in [1.29, 1.82) is 0 Å². The maximum atomic E-state index is 11.9. The normalized spacial score (nSPS) is 10.6. The number of carbonyl (C=O) groups is 2. The summed E-state index contributed by atoms with van der Waals surface area (Å²) >= 11 is 17.6. The zero-order chi connectivity index (χ0) is 16.8. The Hall–Kier alpha value is -2.01. The third kappa shape index (κ3) is 5.28. The van der Waals surface area contributed by atoms with Gasteiger partial charge in [-0.3, -0.25) is 20.4 Å². The molecule has 0 atom stereocenters. The summed E-state index contributed by atoms with van der Waals surface area (Å²) in [6, 6.07) is 11.4. The number of rotatable bonds is 3. The second-order valence-electron chi connectivity index (χ2n) is 4.46. The van der Waals surface area contributed by atoms with Gasteiger partial charge in [-0.25, -0.2) is 0 Å². The fraction of sp³-hybridized carbons (Fsp3) is 0. The molecule has 4 nitrogen and oxygen atoms in total. The summed E-state index contributed by atoms with van der Waals surface area (Å²) in [5.41, 5.74) is 5.46. The van der Waals surface area contributed by atoms with Crippen LogP contribution in [0.4, 0.5) is 0 Å². The van der Waals surface area contributed by atoms with Crippen LogP contribution in [0.25, 0.3) is 6.08 Å². The SMILES string of the molecule is O=C(/C=C/c1cc(Cl)cc(Cl)c1)NNC(=O)c1ccccc1Cl. The molecule has 2 aromatic carbocycles. The van der Waals surface area contributed by atoms with E-state index in [1.165, 1.54) is 12.2 Å². The van der Waals surface area contributed by atoms with Gasteiger partial charge < -0.3 is 0 Å². The molecule has 0 aliphatic heterocycles. The second-order valence-corrected chi connectivity index (χ2v) is 5.74. The molecule has 2 rings (SSSR count). The summed E-state index contributed by atoms with van der Waals surface area (Å²) in [4.78, 5) is 23.6. The van der Waals surface area contributed by atoms with Crippen LogP contribution in [0.5, 0.6) is 0 Å². The Morgan fingerprint density at radius 3 is 2.22 bits per heavy atom. The minimum absolute atomic E-state index is 0.264. The Labute approximate surface area is 148 Å². The lowest BCUT2D eigenvalue weighted by atomic mass is 10.2. The predicted molar refractivity (Wildman–Crippen MR) is 92.6 cm³/mol. The van der Waals surface area contributed by atoms with Crippen LogP contribution in [-0.4, -0.2) is 11.8 Å². The Morgan fingerprint density at radius 2 is 1.57 bits per heavy atom. The predicted octanol–water partition coefficient (Wildman–Crippen LogP) is 4.12. The summed E-state index contributed by atoms with van der Waals surface area (Å²) in [6.07, 6.45) is 2.77. The third-order valence-electron chi connectivity index (χ3n) is 2.73. The molecule has 0 fully saturated rings. The van der Waals surface area contributed by atoms with E-state index in [9.17, 15) is 9.59 Å². The van der Waals surface area contributed by atoms with Gasteiger partial charge in [-0.05, 0) is 42.0 Å². The van der Waals surface area contributed by atoms with Gasteiger partial charge in [-0.15, -0.1) is 0 Å². The van der Waals surface area contributed by atoms with Crippen LogP contribution in [0.3, 0.4) is 0 Å². The summed E-state index contributed by atoms with van der Waals surface area (Å²) in [7, 11) is 0. The average Bonchev–Trinajstić information content (AvgIpc) is 2.50. The number of amides is 2. The van der Waals surface area contributed by atoms with Crippen molar-refractivity contribution in [2.45, 2.75) is 0 Å². The van der Waals surface area contributed by atoms with Crippen molar-refractivity contribution in [3.8, 4) is 0 Å². The lowest BCUT2D eigenvalue weighted by Crippen LogP contribution is -2.40. The monoisotopic (exact) mass is 368 g/mol. The Kier molecular flexibility index (Phi) is 6.04. The van der Waals surface area contributed by atoms with Gasteiger partial charge in [0, 0.05) is 16.1 Å². The van der Waals surface area contributed by atoms with Crippen LogP contribution >= 0.6 is 34.8 Å². The van der Waals surface area contributed by atoms with E-state index in [2.05, 4.69) is 10.9 Å². The van der Waals surface area contributed by atoms with E-state index < -0.39 is 11.8 Å². The zero-order valence-corrected chi connectivity index (χ0v) is 13.9. The quantitative estimate of drug-likeness (QED) is 0.631. The largest absolute Gasteiger partial charge is 0.271 e. The molecular formula is C16H11Cl3N2O2. The van der Waals surface area contributed by atoms with E-state index in [-0.39, 0.29) is 5.56 Å². The molecule has 0 aliphatic rings. The molecule has 0 radical (unpaired) electrons. The number of benzene rings is 2. The summed E-state index contributed by atoms with van der Waals surface area (Å²) in [6.45, 7) is 0. The standard InChI is InChI=1S/C16H11Cl3N2O2/c17-11-7-10(8-12(18)9-11)5-6-15(22)20-21-16(23)13-3-1-2-4-14(13)19/h1-9H,(H,20,22)(H,21,23)/b6-5+. The first kappa shape index (κ1) is 17.3. The minimum atomic E-state index is -0.512. The zero-order valence-electron chi connectivity index (χ0n) is 11.6. The molecule has 0 bridgehead atoms. The topological polar surface area (TPSA) is 58.2 Å². The number of hydrazine groups is 1. The maximum Gasteiger partial charge on any atom is 0.271 e. The van der Waals surface area contributed by atoms with Crippen LogP contribution in [0.2, 0.25) is 15.1 Å². The van der Waals surface area contributed by atoms with Gasteiger partial charge in [-0.1, -0.05) is 46.9 Å². The van der Waals surface area contributed by atoms with E-state index in [4.69, 9.17) is 34.8 Å². The van der Waals surface area contributed by atoms with E-state index in [0.717, 1.165) is 0 Å². The minimum Gasteiger partial charge on any atom is -0.268 e. The molecule has 23 heavy (non-hydrogen) atoms. The lowest BCUT2D eigenvalue weighted by Gasteiger charge is -2.06. The Bertz CT molecular complexity index is 755. The number of nitrogens with one attached hydrogen (secondary N) is 2. The number of hydrogen-bond acceptors (Lipinski definition) is 2. The molecule has 0 heterocycles. The van der Waals surface area contributed by atoms with E-state index in [0.29, 0.717) is 20.6 Å². The fourth-order valence-corrected chi connectivity index (χ4v) is 2.48. The molecule has 2 aromatic rings. The lowest BCUT2D eigenvalue weighted by molar-refractivity contribution is -0.117. The van der Waals surface area contributed by atoms with Gasteiger partial charge >= 0.3 is 0 Å². The van der Waals surface area contributed by atoms with Gasteiger partial charge in [0.1, 0.15) is 0 Å². The highest BCUT2D eigenvalue weighted by atomic mass is 35.5. The highest BCUT2D eigenvalue weighted by molar-refractivity contribution is 6.35. The third-order valence-corrected chi connectivity index (χ3v) is 3.50. The molecule has 7 heteroatoms. The Morgan fingerprint density at radius 1 is 0.913 bits per heavy atom. The van der Waals surface area contributed by atoms with Crippen molar-refractivity contribution in [3.63, 3.8) is 0 Å². The molecule has 2 amide bonds. The van der Waals surface area contributed by atoms with Crippen LogP contribution in [0.1, 0.15) is 15.9 Å². The van der Waals surface area contributed by atoms with Gasteiger partial charge in [0.15, 0.2) is 0 Å². The highest BCUT2D eigenvalue weighted by Gasteiger charge is 2.09. The second kappa shape index (κ2) is 8.02. The van der Waals surface area contributed by atoms with Gasteiger partial charge in [-0.2, -0.15) is 0 Å². The Balaban J connectivity index is 1.93. The summed E-state index contributed by atoms with van der Waals surface area (Å²) in [5, 5.41) is 1.22. The van der Waals surface area contributed by atoms with Gasteiger partial charge in [0.25, 0.3) is 11.8 Å². The first-order chi connectivity index (χ1) is 11.0. The van der Waals surface area contributed by atoms with Crippen molar-refractivity contribution in [2.24, 2.45) is 0 Å². The van der Waals surface area contributed by atoms with Gasteiger partial charge in [0.05, 0.1) is 10.6 Å². The summed E-state index contributed by atoms with van der Waals surface area (Å²) in [5.74, 6) is -1.02. The number of hydrogen-bond donors (Lipinski definition) is 2. The van der Waals surface area contributed by atoms with Crippen molar-refractivity contribution < 1.29 is 9.59 Å². The van der Waals surface area contributed by atoms with Crippen molar-refractivity contribution in [2.75, 3.05) is 0 Å². The maximum absolute atomic E-state index is 11.9. The molecule has 0 saturated heterocycles. The van der Waals surface area contributed by atoms with E-state index in [1.807, 2.05) is 0 Å². The molecule has 2 N–H and O–H groups in total. The number of carbonyl (C=O) groups excluding carboxylic acids is 2. The first-order valence-electron chi connectivity index (χ1n) is 6.45. The fourth-order valence-electron chi connectivity index (χ4n) is 1.72. The van der Waals surface area contributed by atoms with Gasteiger partial charge in [0.2, 0.25) is 0 Å². The first-order valence-corrected chi connectivity index (χ1v) is 7.58. The highest BCUT2D eigenvalue weighted by Crippen LogP contribution is 2.19. The summed E-state index contributed by atoms with van der Waals surface area (Å²) < 4.78 is 0. The molecule has 118 valence electrons. The van der Waals surface area contributed by atoms with Crippen molar-refractivity contribution in [1.82, 2.24) is 10.9 Å². The van der Waals surface area contributed by atoms with Crippen LogP contribution < -0.4 is 10.9 Å². The number of halogens is 3. The molecule has 0 aromatic heterocycles. The molecule has 0 spiro atoms. The van der Waals surface area contributed by atoms with Crippen LogP contribution in [0.15, 0.2) is 48.5 Å². The molecule has 0 saturated carbocycles. The van der Waals surface area contributed by atoms with Crippen LogP contribution in [-0.2, 0) is 4.79 Å².